The standard InChI is InChI=1S/C19H17NO4S2/c1-11(2)12-3-5-13(6-4-12)15-8-7-14(24-15)9-16-18(23)20(10-17(21)22)19(25)26-16/h3-9,11H,10H2,1-2H3,(H,21,22). The summed E-state index contributed by atoms with van der Waals surface area (Å²) in [6, 6.07) is 11.8. The number of rotatable bonds is 5. The summed E-state index contributed by atoms with van der Waals surface area (Å²) in [5, 5.41) is 8.87. The monoisotopic (exact) mass is 387 g/mol. The van der Waals surface area contributed by atoms with Crippen molar-refractivity contribution in [2.45, 2.75) is 19.8 Å². The third-order valence-corrected chi connectivity index (χ3v) is 5.31. The summed E-state index contributed by atoms with van der Waals surface area (Å²) in [6.07, 6.45) is 1.59. The number of carboxylic acids is 1. The quantitative estimate of drug-likeness (QED) is 0.607. The largest absolute Gasteiger partial charge is 0.480 e. The second-order valence-electron chi connectivity index (χ2n) is 6.14. The predicted octanol–water partition coefficient (Wildman–Crippen LogP) is 4.36. The van der Waals surface area contributed by atoms with Gasteiger partial charge in [0.15, 0.2) is 0 Å². The second-order valence-corrected chi connectivity index (χ2v) is 7.82. The van der Waals surface area contributed by atoms with Gasteiger partial charge < -0.3 is 9.52 Å². The first-order chi connectivity index (χ1) is 12.3. The van der Waals surface area contributed by atoms with E-state index >= 15 is 0 Å². The molecule has 5 nitrogen and oxygen atoms in total. The van der Waals surface area contributed by atoms with Crippen LogP contribution in [0, 0.1) is 0 Å². The minimum atomic E-state index is -1.10. The van der Waals surface area contributed by atoms with E-state index in [1.807, 2.05) is 18.2 Å². The van der Waals surface area contributed by atoms with Crippen LogP contribution in [-0.2, 0) is 9.59 Å². The van der Waals surface area contributed by atoms with E-state index in [9.17, 15) is 9.59 Å². The molecule has 2 heterocycles. The first kappa shape index (κ1) is 18.4. The molecule has 2 aromatic rings. The molecule has 0 atom stereocenters. The number of furan rings is 1. The zero-order valence-electron chi connectivity index (χ0n) is 14.3. The number of hydrogen-bond donors (Lipinski definition) is 1. The van der Waals surface area contributed by atoms with E-state index in [1.165, 1.54) is 5.56 Å². The summed E-state index contributed by atoms with van der Waals surface area (Å²) in [6.45, 7) is 3.84. The van der Waals surface area contributed by atoms with Crippen LogP contribution in [0.4, 0.5) is 0 Å². The van der Waals surface area contributed by atoms with Crippen molar-refractivity contribution in [2.75, 3.05) is 6.54 Å². The van der Waals surface area contributed by atoms with E-state index in [-0.39, 0.29) is 4.32 Å². The van der Waals surface area contributed by atoms with E-state index in [0.29, 0.717) is 22.3 Å². The average Bonchev–Trinajstić information content (AvgIpc) is 3.15. The number of amides is 1. The minimum Gasteiger partial charge on any atom is -0.480 e. The molecule has 1 aromatic heterocycles. The first-order valence-electron chi connectivity index (χ1n) is 8.02. The van der Waals surface area contributed by atoms with Crippen LogP contribution in [0.2, 0.25) is 0 Å². The fraction of sp³-hybridized carbons (Fsp3) is 0.211. The van der Waals surface area contributed by atoms with Gasteiger partial charge in [0.25, 0.3) is 5.91 Å². The summed E-state index contributed by atoms with van der Waals surface area (Å²) in [5.41, 5.74) is 2.20. The van der Waals surface area contributed by atoms with Gasteiger partial charge >= 0.3 is 5.97 Å². The molecule has 0 radical (unpaired) electrons. The lowest BCUT2D eigenvalue weighted by atomic mass is 10.0. The van der Waals surface area contributed by atoms with Gasteiger partial charge in [0.1, 0.15) is 22.4 Å². The molecule has 134 valence electrons. The summed E-state index contributed by atoms with van der Waals surface area (Å²) in [5.74, 6) is 0.162. The number of nitrogens with zero attached hydrogens (tertiary/aromatic N) is 1. The van der Waals surface area contributed by atoms with E-state index in [0.717, 1.165) is 22.2 Å². The fourth-order valence-electron chi connectivity index (χ4n) is 2.52. The molecule has 3 rings (SSSR count). The van der Waals surface area contributed by atoms with E-state index in [4.69, 9.17) is 21.7 Å². The molecule has 26 heavy (non-hydrogen) atoms. The third-order valence-electron chi connectivity index (χ3n) is 3.93. The predicted molar refractivity (Wildman–Crippen MR) is 106 cm³/mol. The van der Waals surface area contributed by atoms with Crippen molar-refractivity contribution in [2.24, 2.45) is 0 Å². The molecule has 1 fully saturated rings. The first-order valence-corrected chi connectivity index (χ1v) is 9.25. The molecule has 1 amide bonds. The van der Waals surface area contributed by atoms with Gasteiger partial charge in [0.2, 0.25) is 0 Å². The van der Waals surface area contributed by atoms with Gasteiger partial charge in [-0.2, -0.15) is 0 Å². The Kier molecular flexibility index (Phi) is 5.29. The van der Waals surface area contributed by atoms with Crippen LogP contribution in [0.5, 0.6) is 0 Å². The number of carboxylic acid groups (broad SMARTS) is 1. The molecule has 1 aliphatic heterocycles. The maximum absolute atomic E-state index is 12.3. The Morgan fingerprint density at radius 2 is 1.96 bits per heavy atom. The zero-order valence-corrected chi connectivity index (χ0v) is 15.9. The van der Waals surface area contributed by atoms with Crippen LogP contribution in [0.3, 0.4) is 0 Å². The third kappa shape index (κ3) is 3.89. The SMILES string of the molecule is CC(C)c1ccc(-c2ccc(C=C3SC(=S)N(CC(=O)O)C3=O)o2)cc1. The van der Waals surface area contributed by atoms with Gasteiger partial charge in [0.05, 0.1) is 4.91 Å². The molecule has 0 spiro atoms. The summed E-state index contributed by atoms with van der Waals surface area (Å²) in [7, 11) is 0. The van der Waals surface area contributed by atoms with Crippen LogP contribution >= 0.6 is 24.0 Å². The Morgan fingerprint density at radius 3 is 2.58 bits per heavy atom. The maximum atomic E-state index is 12.3. The molecule has 0 aliphatic carbocycles. The number of thiocarbonyl (C=S) groups is 1. The normalized spacial score (nSPS) is 16.1. The Bertz CT molecular complexity index is 897. The number of hydrogen-bond acceptors (Lipinski definition) is 5. The van der Waals surface area contributed by atoms with Crippen molar-refractivity contribution in [3.8, 4) is 11.3 Å². The van der Waals surface area contributed by atoms with Gasteiger partial charge in [-0.25, -0.2) is 0 Å². The molecule has 0 saturated carbocycles. The molecule has 7 heteroatoms. The molecule has 1 aromatic carbocycles. The van der Waals surface area contributed by atoms with Crippen molar-refractivity contribution < 1.29 is 19.1 Å². The summed E-state index contributed by atoms with van der Waals surface area (Å²) in [4.78, 5) is 24.5. The van der Waals surface area contributed by atoms with E-state index < -0.39 is 18.4 Å². The second kappa shape index (κ2) is 7.47. The Balaban J connectivity index is 1.80. The highest BCUT2D eigenvalue weighted by atomic mass is 32.2. The lowest BCUT2D eigenvalue weighted by Crippen LogP contribution is -2.33. The summed E-state index contributed by atoms with van der Waals surface area (Å²) < 4.78 is 6.05. The highest BCUT2D eigenvalue weighted by molar-refractivity contribution is 8.26. The van der Waals surface area contributed by atoms with Crippen molar-refractivity contribution in [3.05, 3.63) is 52.6 Å². The zero-order chi connectivity index (χ0) is 18.8. The van der Waals surface area contributed by atoms with Gasteiger partial charge in [-0.05, 0) is 23.6 Å². The van der Waals surface area contributed by atoms with Crippen LogP contribution < -0.4 is 0 Å². The van der Waals surface area contributed by atoms with Crippen molar-refractivity contribution >= 4 is 46.3 Å². The van der Waals surface area contributed by atoms with Gasteiger partial charge in [0, 0.05) is 11.6 Å². The molecule has 0 unspecified atom stereocenters. The summed E-state index contributed by atoms with van der Waals surface area (Å²) >= 11 is 6.15. The van der Waals surface area contributed by atoms with Gasteiger partial charge in [-0.15, -0.1) is 0 Å². The van der Waals surface area contributed by atoms with Gasteiger partial charge in [-0.3, -0.25) is 14.5 Å². The van der Waals surface area contributed by atoms with Crippen LogP contribution in [0.1, 0.15) is 31.1 Å². The van der Waals surface area contributed by atoms with Gasteiger partial charge in [-0.1, -0.05) is 62.1 Å². The molecule has 1 aliphatic rings. The number of benzene rings is 1. The number of aliphatic carboxylic acids is 1. The van der Waals surface area contributed by atoms with E-state index in [2.05, 4.69) is 26.0 Å². The van der Waals surface area contributed by atoms with Crippen LogP contribution in [-0.4, -0.2) is 32.7 Å². The smallest absolute Gasteiger partial charge is 0.323 e. The minimum absolute atomic E-state index is 0.236. The lowest BCUT2D eigenvalue weighted by molar-refractivity contribution is -0.140. The Hall–Kier alpha value is -2.38. The number of thioether (sulfide) groups is 1. The van der Waals surface area contributed by atoms with Crippen LogP contribution in [0.25, 0.3) is 17.4 Å². The van der Waals surface area contributed by atoms with Crippen molar-refractivity contribution in [3.63, 3.8) is 0 Å². The topological polar surface area (TPSA) is 70.8 Å². The molecular formula is C19H17NO4S2. The number of carbonyl (C=O) groups is 2. The fourth-order valence-corrected chi connectivity index (χ4v) is 3.75. The Labute approximate surface area is 160 Å². The van der Waals surface area contributed by atoms with Crippen molar-refractivity contribution in [1.82, 2.24) is 4.90 Å². The highest BCUT2D eigenvalue weighted by Gasteiger charge is 2.33. The molecular weight excluding hydrogens is 370 g/mol. The molecule has 1 N–H and O–H groups in total. The number of carbonyl (C=O) groups excluding carboxylic acids is 1. The lowest BCUT2D eigenvalue weighted by Gasteiger charge is -2.09. The van der Waals surface area contributed by atoms with Crippen LogP contribution in [0.15, 0.2) is 45.7 Å². The highest BCUT2D eigenvalue weighted by Crippen LogP contribution is 2.33. The average molecular weight is 387 g/mol. The Morgan fingerprint density at radius 1 is 1.27 bits per heavy atom. The van der Waals surface area contributed by atoms with Crippen molar-refractivity contribution in [1.29, 1.82) is 0 Å². The van der Waals surface area contributed by atoms with E-state index in [1.54, 1.807) is 12.1 Å². The molecule has 1 saturated heterocycles. The maximum Gasteiger partial charge on any atom is 0.323 e. The molecule has 0 bridgehead atoms.